The topological polar surface area (TPSA) is 161 Å². The summed E-state index contributed by atoms with van der Waals surface area (Å²) in [6.07, 6.45) is 0. The fraction of sp³-hybridized carbons (Fsp3) is 0.143. The molecule has 0 atom stereocenters. The van der Waals surface area contributed by atoms with Crippen LogP contribution in [0.1, 0.15) is 11.1 Å². The number of nitro groups is 2. The van der Waals surface area contributed by atoms with Gasteiger partial charge in [-0.2, -0.15) is 8.42 Å². The first-order valence-electron chi connectivity index (χ1n) is 6.52. The summed E-state index contributed by atoms with van der Waals surface area (Å²) < 4.78 is 31.6. The fourth-order valence-corrected chi connectivity index (χ4v) is 1.33. The molecule has 11 heteroatoms. The van der Waals surface area contributed by atoms with Crippen molar-refractivity contribution >= 4 is 21.8 Å². The van der Waals surface area contributed by atoms with Gasteiger partial charge in [-0.1, -0.05) is 35.4 Å². The van der Waals surface area contributed by atoms with Gasteiger partial charge in [0.05, 0.1) is 9.85 Å². The molecule has 0 spiro atoms. The number of non-ortho nitro benzene ring substituents is 2. The van der Waals surface area contributed by atoms with E-state index in [0.29, 0.717) is 0 Å². The number of hydrogen-bond donors (Lipinski definition) is 2. The third kappa shape index (κ3) is 12.2. The second-order valence-corrected chi connectivity index (χ2v) is 5.53. The predicted octanol–water partition coefficient (Wildman–Crippen LogP) is 3.15. The Labute approximate surface area is 143 Å². The summed E-state index contributed by atoms with van der Waals surface area (Å²) in [6.45, 7) is 3.79. The quantitative estimate of drug-likeness (QED) is 0.461. The highest BCUT2D eigenvalue weighted by atomic mass is 32.3. The maximum atomic E-state index is 10.1. The van der Waals surface area contributed by atoms with Crippen molar-refractivity contribution in [2.45, 2.75) is 13.8 Å². The van der Waals surface area contributed by atoms with Gasteiger partial charge in [-0.25, -0.2) is 0 Å². The molecule has 2 aromatic rings. The van der Waals surface area contributed by atoms with Gasteiger partial charge in [0.2, 0.25) is 0 Å². The summed E-state index contributed by atoms with van der Waals surface area (Å²) >= 11 is 0. The Kier molecular flexibility index (Phi) is 8.91. The van der Waals surface area contributed by atoms with Crippen molar-refractivity contribution < 1.29 is 27.4 Å². The molecule has 0 saturated carbocycles. The monoisotopic (exact) mass is 372 g/mol. The normalized spacial score (nSPS) is 9.76. The third-order valence-electron chi connectivity index (χ3n) is 2.49. The molecule has 0 aliphatic heterocycles. The number of rotatable bonds is 2. The van der Waals surface area contributed by atoms with E-state index < -0.39 is 20.2 Å². The van der Waals surface area contributed by atoms with E-state index in [1.807, 2.05) is 13.8 Å². The molecule has 0 bridgehead atoms. The largest absolute Gasteiger partial charge is 0.394 e. The lowest BCUT2D eigenvalue weighted by Gasteiger charge is -1.90. The van der Waals surface area contributed by atoms with Crippen molar-refractivity contribution in [1.82, 2.24) is 0 Å². The zero-order valence-electron chi connectivity index (χ0n) is 13.3. The molecule has 10 nitrogen and oxygen atoms in total. The number of nitro benzene ring substituents is 2. The van der Waals surface area contributed by atoms with Crippen LogP contribution in [0.4, 0.5) is 11.4 Å². The summed E-state index contributed by atoms with van der Waals surface area (Å²) in [7, 11) is -4.67. The Bertz CT molecular complexity index is 738. The van der Waals surface area contributed by atoms with E-state index in [0.717, 1.165) is 11.1 Å². The average Bonchev–Trinajstić information content (AvgIpc) is 2.47. The van der Waals surface area contributed by atoms with Crippen LogP contribution in [0.15, 0.2) is 48.5 Å². The van der Waals surface area contributed by atoms with Gasteiger partial charge in [0.1, 0.15) is 0 Å². The van der Waals surface area contributed by atoms with Crippen molar-refractivity contribution in [3.8, 4) is 0 Å². The standard InChI is InChI=1S/2C7H7NO2.H2O4S/c2*1-6-2-4-7(5-3-6)8(9)10;1-5(2,3)4/h2*2-5H,1H3;(H2,1,2,3,4). The highest BCUT2D eigenvalue weighted by molar-refractivity contribution is 7.79. The van der Waals surface area contributed by atoms with Gasteiger partial charge in [0, 0.05) is 24.3 Å². The molecule has 0 aromatic heterocycles. The molecular formula is C14H16N2O8S. The first-order chi connectivity index (χ1) is 11.4. The number of nitrogens with zero attached hydrogens (tertiary/aromatic N) is 2. The Morgan fingerprint density at radius 1 is 0.720 bits per heavy atom. The van der Waals surface area contributed by atoms with E-state index in [1.54, 1.807) is 24.3 Å². The Balaban J connectivity index is 0.000000368. The Hall–Kier alpha value is -2.89. The minimum absolute atomic E-state index is 0.144. The summed E-state index contributed by atoms with van der Waals surface area (Å²) in [5.41, 5.74) is 2.35. The van der Waals surface area contributed by atoms with Gasteiger partial charge in [-0.3, -0.25) is 29.3 Å². The zero-order chi connectivity index (χ0) is 19.6. The highest BCUT2D eigenvalue weighted by Gasteiger charge is 2.01. The maximum Gasteiger partial charge on any atom is 0.394 e. The molecule has 0 unspecified atom stereocenters. The Morgan fingerprint density at radius 2 is 0.920 bits per heavy atom. The molecule has 0 fully saturated rings. The van der Waals surface area contributed by atoms with Crippen LogP contribution >= 0.6 is 0 Å². The molecule has 25 heavy (non-hydrogen) atoms. The van der Waals surface area contributed by atoms with Crippen LogP contribution in [0.3, 0.4) is 0 Å². The van der Waals surface area contributed by atoms with Crippen molar-refractivity contribution in [3.63, 3.8) is 0 Å². The van der Waals surface area contributed by atoms with E-state index in [1.165, 1.54) is 24.3 Å². The van der Waals surface area contributed by atoms with Gasteiger partial charge in [0.25, 0.3) is 11.4 Å². The van der Waals surface area contributed by atoms with Crippen LogP contribution in [-0.4, -0.2) is 27.4 Å². The van der Waals surface area contributed by atoms with Gasteiger partial charge < -0.3 is 0 Å². The van der Waals surface area contributed by atoms with E-state index >= 15 is 0 Å². The molecule has 0 heterocycles. The van der Waals surface area contributed by atoms with Crippen LogP contribution in [0.2, 0.25) is 0 Å². The first-order valence-corrected chi connectivity index (χ1v) is 7.92. The van der Waals surface area contributed by atoms with Crippen LogP contribution in [0.5, 0.6) is 0 Å². The van der Waals surface area contributed by atoms with Gasteiger partial charge in [-0.05, 0) is 13.8 Å². The molecule has 0 aliphatic carbocycles. The summed E-state index contributed by atoms with van der Waals surface area (Å²) in [5, 5.41) is 20.2. The lowest BCUT2D eigenvalue weighted by atomic mass is 10.2. The van der Waals surface area contributed by atoms with E-state index in [-0.39, 0.29) is 11.4 Å². The van der Waals surface area contributed by atoms with E-state index in [4.69, 9.17) is 17.5 Å². The molecule has 136 valence electrons. The smallest absolute Gasteiger partial charge is 0.264 e. The van der Waals surface area contributed by atoms with Crippen LogP contribution in [0, 0.1) is 34.1 Å². The minimum Gasteiger partial charge on any atom is -0.264 e. The molecule has 2 N–H and O–H groups in total. The van der Waals surface area contributed by atoms with Crippen LogP contribution < -0.4 is 0 Å². The van der Waals surface area contributed by atoms with Crippen molar-refractivity contribution in [1.29, 1.82) is 0 Å². The molecule has 0 aliphatic rings. The minimum atomic E-state index is -4.67. The molecule has 2 aromatic carbocycles. The SMILES string of the molecule is Cc1ccc([N+](=O)[O-])cc1.Cc1ccc([N+](=O)[O-])cc1.O=S(=O)(O)O. The molecular weight excluding hydrogens is 356 g/mol. The second-order valence-electron chi connectivity index (χ2n) is 4.63. The highest BCUT2D eigenvalue weighted by Crippen LogP contribution is 2.11. The summed E-state index contributed by atoms with van der Waals surface area (Å²) in [4.78, 5) is 19.4. The molecule has 2 rings (SSSR count). The second kappa shape index (κ2) is 10.1. The van der Waals surface area contributed by atoms with Gasteiger partial charge >= 0.3 is 10.4 Å². The van der Waals surface area contributed by atoms with Gasteiger partial charge in [-0.15, -0.1) is 0 Å². The summed E-state index contributed by atoms with van der Waals surface area (Å²) in [6, 6.07) is 12.9. The molecule has 0 amide bonds. The van der Waals surface area contributed by atoms with E-state index in [9.17, 15) is 20.2 Å². The number of aryl methyl sites for hydroxylation is 2. The first kappa shape index (κ1) is 22.1. The average molecular weight is 372 g/mol. The van der Waals surface area contributed by atoms with Crippen molar-refractivity contribution in [2.75, 3.05) is 0 Å². The van der Waals surface area contributed by atoms with Gasteiger partial charge in [0.15, 0.2) is 0 Å². The number of hydrogen-bond acceptors (Lipinski definition) is 6. The third-order valence-corrected chi connectivity index (χ3v) is 2.49. The molecule has 0 radical (unpaired) electrons. The lowest BCUT2D eigenvalue weighted by molar-refractivity contribution is -0.385. The fourth-order valence-electron chi connectivity index (χ4n) is 1.33. The molecule has 0 saturated heterocycles. The van der Waals surface area contributed by atoms with Crippen molar-refractivity contribution in [3.05, 3.63) is 79.9 Å². The van der Waals surface area contributed by atoms with E-state index in [2.05, 4.69) is 0 Å². The lowest BCUT2D eigenvalue weighted by Crippen LogP contribution is -1.89. The Morgan fingerprint density at radius 3 is 1.08 bits per heavy atom. The zero-order valence-corrected chi connectivity index (χ0v) is 14.1. The van der Waals surface area contributed by atoms with Crippen LogP contribution in [0.25, 0.3) is 0 Å². The van der Waals surface area contributed by atoms with Crippen molar-refractivity contribution in [2.24, 2.45) is 0 Å². The maximum absolute atomic E-state index is 10.1. The summed E-state index contributed by atoms with van der Waals surface area (Å²) in [5.74, 6) is 0. The predicted molar refractivity (Wildman–Crippen MR) is 89.8 cm³/mol. The van der Waals surface area contributed by atoms with Crippen LogP contribution in [-0.2, 0) is 10.4 Å². The number of benzene rings is 2.